The maximum Gasteiger partial charge on any atom is 0.356 e. The second kappa shape index (κ2) is 10.8. The fourth-order valence-corrected chi connectivity index (χ4v) is 4.93. The molecule has 0 aromatic heterocycles. The smallest absolute Gasteiger partial charge is 0.356 e. The Hall–Kier alpha value is -1.98. The Morgan fingerprint density at radius 3 is 2.59 bits per heavy atom. The minimum atomic E-state index is -4.30. The lowest BCUT2D eigenvalue weighted by molar-refractivity contribution is -0.117. The number of amides is 1. The number of hydrogen-bond acceptors (Lipinski definition) is 3. The second-order valence-electron chi connectivity index (χ2n) is 8.92. The van der Waals surface area contributed by atoms with Gasteiger partial charge in [0.15, 0.2) is 0 Å². The van der Waals surface area contributed by atoms with Crippen LogP contribution >= 0.6 is 7.60 Å². The first kappa shape index (κ1) is 24.7. The van der Waals surface area contributed by atoms with Crippen LogP contribution in [0.1, 0.15) is 63.5 Å². The molecule has 0 spiro atoms. The fraction of sp³-hybridized carbons (Fsp3) is 0.480. The number of carbonyl (C=O) groups is 1. The molecular formula is C25H34NO5P. The number of anilines is 1. The highest BCUT2D eigenvalue weighted by Crippen LogP contribution is 2.36. The van der Waals surface area contributed by atoms with E-state index in [0.717, 1.165) is 24.9 Å². The number of ether oxygens (including phenoxy) is 1. The summed E-state index contributed by atoms with van der Waals surface area (Å²) in [5.41, 5.74) is 2.81. The van der Waals surface area contributed by atoms with Crippen molar-refractivity contribution in [3.05, 3.63) is 59.7 Å². The molecule has 1 amide bonds. The van der Waals surface area contributed by atoms with Crippen molar-refractivity contribution in [1.82, 2.24) is 0 Å². The van der Waals surface area contributed by atoms with Gasteiger partial charge < -0.3 is 19.4 Å². The third-order valence-electron chi connectivity index (χ3n) is 6.13. The molecule has 2 N–H and O–H groups in total. The van der Waals surface area contributed by atoms with E-state index in [9.17, 15) is 19.1 Å². The second-order valence-corrected chi connectivity index (χ2v) is 10.5. The quantitative estimate of drug-likeness (QED) is 0.501. The molecule has 2 atom stereocenters. The minimum absolute atomic E-state index is 0.0115. The molecule has 2 aromatic carbocycles. The lowest BCUT2D eigenvalue weighted by Crippen LogP contribution is -2.39. The van der Waals surface area contributed by atoms with Crippen LogP contribution in [0, 0.1) is 5.92 Å². The van der Waals surface area contributed by atoms with Crippen LogP contribution in [0.25, 0.3) is 0 Å². The van der Waals surface area contributed by atoms with E-state index in [1.165, 1.54) is 17.7 Å². The first-order valence-corrected chi connectivity index (χ1v) is 13.0. The minimum Gasteiger partial charge on any atom is -0.375 e. The van der Waals surface area contributed by atoms with Gasteiger partial charge in [0.2, 0.25) is 5.91 Å². The van der Waals surface area contributed by atoms with Crippen LogP contribution < -0.4 is 10.2 Å². The van der Waals surface area contributed by atoms with Crippen molar-refractivity contribution in [1.29, 1.82) is 0 Å². The van der Waals surface area contributed by atoms with Gasteiger partial charge in [-0.1, -0.05) is 57.9 Å². The summed E-state index contributed by atoms with van der Waals surface area (Å²) in [5, 5.41) is -0.0115. The lowest BCUT2D eigenvalue weighted by Gasteiger charge is -2.29. The highest BCUT2D eigenvalue weighted by molar-refractivity contribution is 7.60. The van der Waals surface area contributed by atoms with Crippen LogP contribution in [0.4, 0.5) is 5.69 Å². The normalized spacial score (nSPS) is 19.2. The molecule has 0 radical (unpaired) electrons. The number of rotatable bonds is 10. The van der Waals surface area contributed by atoms with Gasteiger partial charge in [-0.15, -0.1) is 0 Å². The van der Waals surface area contributed by atoms with E-state index in [0.29, 0.717) is 24.5 Å². The van der Waals surface area contributed by atoms with Crippen molar-refractivity contribution < 1.29 is 23.9 Å². The molecule has 1 aliphatic heterocycles. The number of carbonyl (C=O) groups excluding carboxylic acids is 1. The molecule has 7 heteroatoms. The van der Waals surface area contributed by atoms with Crippen molar-refractivity contribution in [2.45, 2.75) is 65.0 Å². The Labute approximate surface area is 190 Å². The standard InChI is InChI=1S/C25H34NO5P/c1-4-5-9-21-15-25(27)26(22-11-7-10-20(14-22)18(2)3)24(21)17-31-16-19-8-6-12-23(13-19)32(28,29)30/h6-8,10-14,18,21,24H,4-5,9,15-17H2,1-3H3,(H2,28,29,30). The zero-order valence-electron chi connectivity index (χ0n) is 19.1. The van der Waals surface area contributed by atoms with E-state index in [-0.39, 0.29) is 29.8 Å². The summed E-state index contributed by atoms with van der Waals surface area (Å²) in [6, 6.07) is 14.4. The topological polar surface area (TPSA) is 87.1 Å². The van der Waals surface area contributed by atoms with Crippen molar-refractivity contribution in [2.24, 2.45) is 5.92 Å². The molecule has 1 aliphatic rings. The average molecular weight is 460 g/mol. The molecule has 6 nitrogen and oxygen atoms in total. The van der Waals surface area contributed by atoms with E-state index in [1.54, 1.807) is 12.1 Å². The summed E-state index contributed by atoms with van der Waals surface area (Å²) >= 11 is 0. The van der Waals surface area contributed by atoms with Gasteiger partial charge in [-0.2, -0.15) is 0 Å². The number of unbranched alkanes of at least 4 members (excludes halogenated alkanes) is 1. The predicted molar refractivity (Wildman–Crippen MR) is 127 cm³/mol. The fourth-order valence-electron chi connectivity index (χ4n) is 4.32. The van der Waals surface area contributed by atoms with Gasteiger partial charge in [0.1, 0.15) is 0 Å². The maximum absolute atomic E-state index is 13.0. The van der Waals surface area contributed by atoms with Crippen LogP contribution in [0.15, 0.2) is 48.5 Å². The Morgan fingerprint density at radius 2 is 1.91 bits per heavy atom. The summed E-state index contributed by atoms with van der Waals surface area (Å²) in [4.78, 5) is 33.7. The van der Waals surface area contributed by atoms with Crippen molar-refractivity contribution in [2.75, 3.05) is 11.5 Å². The van der Waals surface area contributed by atoms with Gasteiger partial charge in [0, 0.05) is 12.1 Å². The number of benzene rings is 2. The van der Waals surface area contributed by atoms with Gasteiger partial charge in [-0.3, -0.25) is 9.36 Å². The Morgan fingerprint density at radius 1 is 1.16 bits per heavy atom. The van der Waals surface area contributed by atoms with E-state index in [4.69, 9.17) is 4.74 Å². The summed E-state index contributed by atoms with van der Waals surface area (Å²) < 4.78 is 17.5. The highest BCUT2D eigenvalue weighted by atomic mass is 31.2. The van der Waals surface area contributed by atoms with Gasteiger partial charge in [-0.25, -0.2) is 0 Å². The predicted octanol–water partition coefficient (Wildman–Crippen LogP) is 4.74. The molecule has 1 saturated heterocycles. The molecule has 1 heterocycles. The molecule has 0 bridgehead atoms. The van der Waals surface area contributed by atoms with E-state index in [1.807, 2.05) is 17.0 Å². The van der Waals surface area contributed by atoms with Crippen LogP contribution in [-0.4, -0.2) is 28.3 Å². The summed E-state index contributed by atoms with van der Waals surface area (Å²) in [5.74, 6) is 0.732. The van der Waals surface area contributed by atoms with Crippen LogP contribution in [0.5, 0.6) is 0 Å². The SMILES string of the molecule is CCCCC1CC(=O)N(c2cccc(C(C)C)c2)C1COCc1cccc(P(=O)(O)O)c1. The number of hydrogen-bond donors (Lipinski definition) is 2. The van der Waals surface area contributed by atoms with Gasteiger partial charge in [-0.05, 0) is 53.6 Å². The zero-order valence-corrected chi connectivity index (χ0v) is 20.0. The van der Waals surface area contributed by atoms with Crippen molar-refractivity contribution >= 4 is 24.5 Å². The molecule has 1 fully saturated rings. The van der Waals surface area contributed by atoms with E-state index < -0.39 is 7.60 Å². The molecule has 0 aliphatic carbocycles. The molecule has 2 aromatic rings. The Balaban J connectivity index is 1.77. The Bertz CT molecular complexity index is 970. The molecule has 3 rings (SSSR count). The molecule has 174 valence electrons. The molecular weight excluding hydrogens is 425 g/mol. The van der Waals surface area contributed by atoms with E-state index >= 15 is 0 Å². The van der Waals surface area contributed by atoms with Crippen molar-refractivity contribution in [3.8, 4) is 0 Å². The van der Waals surface area contributed by atoms with Gasteiger partial charge in [0.05, 0.1) is 24.6 Å². The molecule has 0 saturated carbocycles. The maximum atomic E-state index is 13.0. The summed E-state index contributed by atoms with van der Waals surface area (Å²) in [6.45, 7) is 7.05. The first-order chi connectivity index (χ1) is 15.2. The highest BCUT2D eigenvalue weighted by Gasteiger charge is 2.40. The summed E-state index contributed by atoms with van der Waals surface area (Å²) in [6.07, 6.45) is 3.65. The van der Waals surface area contributed by atoms with Gasteiger partial charge >= 0.3 is 7.60 Å². The largest absolute Gasteiger partial charge is 0.375 e. The number of nitrogens with zero attached hydrogens (tertiary/aromatic N) is 1. The van der Waals surface area contributed by atoms with Crippen LogP contribution in [0.2, 0.25) is 0 Å². The van der Waals surface area contributed by atoms with Crippen LogP contribution in [0.3, 0.4) is 0 Å². The Kier molecular flexibility index (Phi) is 8.29. The van der Waals surface area contributed by atoms with Crippen molar-refractivity contribution in [3.63, 3.8) is 0 Å². The van der Waals surface area contributed by atoms with Gasteiger partial charge in [0.25, 0.3) is 0 Å². The van der Waals surface area contributed by atoms with Crippen LogP contribution in [-0.2, 0) is 20.7 Å². The molecule has 32 heavy (non-hydrogen) atoms. The zero-order chi connectivity index (χ0) is 23.3. The first-order valence-electron chi connectivity index (χ1n) is 11.4. The van der Waals surface area contributed by atoms with E-state index in [2.05, 4.69) is 32.9 Å². The third kappa shape index (κ3) is 6.08. The lowest BCUT2D eigenvalue weighted by atomic mass is 9.94. The average Bonchev–Trinajstić information content (AvgIpc) is 3.07. The summed E-state index contributed by atoms with van der Waals surface area (Å²) in [7, 11) is -4.30. The molecule has 2 unspecified atom stereocenters. The third-order valence-corrected chi connectivity index (χ3v) is 7.08. The monoisotopic (exact) mass is 459 g/mol.